The van der Waals surface area contributed by atoms with Crippen molar-refractivity contribution in [1.82, 2.24) is 10.6 Å². The van der Waals surface area contributed by atoms with Gasteiger partial charge in [-0.1, -0.05) is 24.6 Å². The first-order valence-corrected chi connectivity index (χ1v) is 6.93. The number of hydrogen-bond donors (Lipinski definition) is 2. The molecule has 0 fully saturated rings. The summed E-state index contributed by atoms with van der Waals surface area (Å²) >= 11 is 5.74. The Morgan fingerprint density at radius 2 is 2.16 bits per heavy atom. The molecule has 0 spiro atoms. The topological polar surface area (TPSA) is 36.4 Å². The number of guanidine groups is 1. The van der Waals surface area contributed by atoms with Crippen LogP contribution in [0.3, 0.4) is 0 Å². The quantitative estimate of drug-likeness (QED) is 0.643. The van der Waals surface area contributed by atoms with E-state index in [0.717, 1.165) is 24.5 Å². The highest BCUT2D eigenvalue weighted by Crippen LogP contribution is 2.16. The van der Waals surface area contributed by atoms with Crippen LogP contribution in [0.4, 0.5) is 4.39 Å². The van der Waals surface area contributed by atoms with Crippen LogP contribution < -0.4 is 10.6 Å². The molecule has 0 aromatic heterocycles. The Morgan fingerprint density at radius 1 is 1.42 bits per heavy atom. The van der Waals surface area contributed by atoms with E-state index < -0.39 is 5.82 Å². The standard InChI is InChI=1S/C14H21ClFN3/c1-4-10(3)19-14(17-5-2)18-9-11-6-7-13(16)12(15)8-11/h6-8,10H,4-5,9H2,1-3H3,(H2,17,18,19). The van der Waals surface area contributed by atoms with Gasteiger partial charge in [0, 0.05) is 12.6 Å². The molecule has 0 saturated carbocycles. The average molecular weight is 286 g/mol. The lowest BCUT2D eigenvalue weighted by atomic mass is 10.2. The average Bonchev–Trinajstić information content (AvgIpc) is 2.40. The molecule has 106 valence electrons. The number of rotatable bonds is 5. The predicted molar refractivity (Wildman–Crippen MR) is 79.1 cm³/mol. The van der Waals surface area contributed by atoms with Gasteiger partial charge in [-0.3, -0.25) is 0 Å². The largest absolute Gasteiger partial charge is 0.357 e. The molecular formula is C14H21ClFN3. The highest BCUT2D eigenvalue weighted by atomic mass is 35.5. The van der Waals surface area contributed by atoms with Gasteiger partial charge in [0.15, 0.2) is 5.96 Å². The summed E-state index contributed by atoms with van der Waals surface area (Å²) in [6.45, 7) is 7.49. The molecule has 0 radical (unpaired) electrons. The second-order valence-corrected chi connectivity index (χ2v) is 4.80. The van der Waals surface area contributed by atoms with E-state index in [4.69, 9.17) is 11.6 Å². The van der Waals surface area contributed by atoms with Crippen molar-refractivity contribution in [3.63, 3.8) is 0 Å². The van der Waals surface area contributed by atoms with Crippen LogP contribution in [0.25, 0.3) is 0 Å². The van der Waals surface area contributed by atoms with Crippen molar-refractivity contribution in [2.24, 2.45) is 4.99 Å². The van der Waals surface area contributed by atoms with Crippen molar-refractivity contribution in [2.45, 2.75) is 39.8 Å². The van der Waals surface area contributed by atoms with E-state index in [1.165, 1.54) is 6.07 Å². The lowest BCUT2D eigenvalue weighted by Gasteiger charge is -2.16. The van der Waals surface area contributed by atoms with E-state index >= 15 is 0 Å². The van der Waals surface area contributed by atoms with Gasteiger partial charge in [0.05, 0.1) is 11.6 Å². The van der Waals surface area contributed by atoms with E-state index in [2.05, 4.69) is 29.5 Å². The number of nitrogens with one attached hydrogen (secondary N) is 2. The summed E-state index contributed by atoms with van der Waals surface area (Å²) in [6.07, 6.45) is 1.02. The summed E-state index contributed by atoms with van der Waals surface area (Å²) in [5.41, 5.74) is 0.882. The Balaban J connectivity index is 2.70. The Bertz CT molecular complexity index is 435. The van der Waals surface area contributed by atoms with Gasteiger partial charge in [0.2, 0.25) is 0 Å². The van der Waals surface area contributed by atoms with Crippen LogP contribution in [0.1, 0.15) is 32.8 Å². The lowest BCUT2D eigenvalue weighted by molar-refractivity contribution is 0.623. The highest BCUT2D eigenvalue weighted by Gasteiger charge is 2.03. The van der Waals surface area contributed by atoms with Gasteiger partial charge in [-0.15, -0.1) is 0 Å². The molecule has 1 aromatic carbocycles. The molecule has 0 heterocycles. The summed E-state index contributed by atoms with van der Waals surface area (Å²) in [4.78, 5) is 4.46. The molecule has 0 bridgehead atoms. The lowest BCUT2D eigenvalue weighted by Crippen LogP contribution is -2.41. The van der Waals surface area contributed by atoms with E-state index in [0.29, 0.717) is 12.6 Å². The Kier molecular flexibility index (Phi) is 6.64. The molecule has 2 N–H and O–H groups in total. The predicted octanol–water partition coefficient (Wildman–Crippen LogP) is 3.33. The number of halogens is 2. The van der Waals surface area contributed by atoms with Crippen molar-refractivity contribution in [3.8, 4) is 0 Å². The third kappa shape index (κ3) is 5.47. The van der Waals surface area contributed by atoms with Gasteiger partial charge in [-0.25, -0.2) is 9.38 Å². The van der Waals surface area contributed by atoms with Gasteiger partial charge in [0.25, 0.3) is 0 Å². The first-order chi connectivity index (χ1) is 9.06. The van der Waals surface area contributed by atoms with E-state index in [9.17, 15) is 4.39 Å². The van der Waals surface area contributed by atoms with Crippen LogP contribution in [-0.2, 0) is 6.54 Å². The Morgan fingerprint density at radius 3 is 2.74 bits per heavy atom. The third-order valence-electron chi connectivity index (χ3n) is 2.74. The number of nitrogens with zero attached hydrogens (tertiary/aromatic N) is 1. The maximum absolute atomic E-state index is 13.0. The maximum atomic E-state index is 13.0. The monoisotopic (exact) mass is 285 g/mol. The smallest absolute Gasteiger partial charge is 0.191 e. The van der Waals surface area contributed by atoms with Crippen molar-refractivity contribution in [2.75, 3.05) is 6.54 Å². The molecule has 1 rings (SSSR count). The molecule has 3 nitrogen and oxygen atoms in total. The first-order valence-electron chi connectivity index (χ1n) is 6.55. The van der Waals surface area contributed by atoms with Crippen molar-refractivity contribution >= 4 is 17.6 Å². The zero-order valence-corrected chi connectivity index (χ0v) is 12.4. The van der Waals surface area contributed by atoms with Crippen LogP contribution in [0, 0.1) is 5.82 Å². The van der Waals surface area contributed by atoms with E-state index in [1.807, 2.05) is 6.92 Å². The molecule has 0 amide bonds. The number of benzene rings is 1. The van der Waals surface area contributed by atoms with Gasteiger partial charge in [-0.05, 0) is 38.0 Å². The molecular weight excluding hydrogens is 265 g/mol. The van der Waals surface area contributed by atoms with Crippen LogP contribution in [0.15, 0.2) is 23.2 Å². The Labute approximate surface area is 119 Å². The molecule has 1 unspecified atom stereocenters. The van der Waals surface area contributed by atoms with E-state index in [1.54, 1.807) is 12.1 Å². The summed E-state index contributed by atoms with van der Waals surface area (Å²) in [6, 6.07) is 5.02. The van der Waals surface area contributed by atoms with Gasteiger partial charge >= 0.3 is 0 Å². The highest BCUT2D eigenvalue weighted by molar-refractivity contribution is 6.30. The van der Waals surface area contributed by atoms with Crippen LogP contribution in [-0.4, -0.2) is 18.5 Å². The minimum atomic E-state index is -0.404. The second-order valence-electron chi connectivity index (χ2n) is 4.40. The van der Waals surface area contributed by atoms with Crippen molar-refractivity contribution in [3.05, 3.63) is 34.6 Å². The van der Waals surface area contributed by atoms with Gasteiger partial charge in [0.1, 0.15) is 5.82 Å². The third-order valence-corrected chi connectivity index (χ3v) is 3.03. The minimum Gasteiger partial charge on any atom is -0.357 e. The van der Waals surface area contributed by atoms with Crippen molar-refractivity contribution in [1.29, 1.82) is 0 Å². The van der Waals surface area contributed by atoms with E-state index in [-0.39, 0.29) is 5.02 Å². The molecule has 0 aliphatic heterocycles. The summed E-state index contributed by atoms with van der Waals surface area (Å²) in [5.74, 6) is 0.358. The number of hydrogen-bond acceptors (Lipinski definition) is 1. The van der Waals surface area contributed by atoms with Gasteiger partial charge < -0.3 is 10.6 Å². The summed E-state index contributed by atoms with van der Waals surface area (Å²) < 4.78 is 13.0. The van der Waals surface area contributed by atoms with Gasteiger partial charge in [-0.2, -0.15) is 0 Å². The second kappa shape index (κ2) is 8.00. The van der Waals surface area contributed by atoms with Crippen molar-refractivity contribution < 1.29 is 4.39 Å². The van der Waals surface area contributed by atoms with Crippen LogP contribution in [0.2, 0.25) is 5.02 Å². The normalized spacial score (nSPS) is 13.2. The molecule has 0 aliphatic carbocycles. The fraction of sp³-hybridized carbons (Fsp3) is 0.500. The molecule has 0 aliphatic rings. The van der Waals surface area contributed by atoms with Crippen LogP contribution in [0.5, 0.6) is 0 Å². The fourth-order valence-electron chi connectivity index (χ4n) is 1.46. The molecule has 1 atom stereocenters. The SMILES string of the molecule is CCNC(=NCc1ccc(F)c(Cl)c1)NC(C)CC. The molecule has 1 aromatic rings. The minimum absolute atomic E-state index is 0.132. The zero-order chi connectivity index (χ0) is 14.3. The molecule has 5 heteroatoms. The first kappa shape index (κ1) is 15.8. The molecule has 0 saturated heterocycles. The maximum Gasteiger partial charge on any atom is 0.191 e. The summed E-state index contributed by atoms with van der Waals surface area (Å²) in [7, 11) is 0. The number of aliphatic imine (C=N–C) groups is 1. The molecule has 19 heavy (non-hydrogen) atoms. The Hall–Kier alpha value is -1.29. The summed E-state index contributed by atoms with van der Waals surface area (Å²) in [5, 5.41) is 6.60. The van der Waals surface area contributed by atoms with Crippen LogP contribution >= 0.6 is 11.6 Å². The fourth-order valence-corrected chi connectivity index (χ4v) is 1.67. The zero-order valence-electron chi connectivity index (χ0n) is 11.6.